The van der Waals surface area contributed by atoms with E-state index in [1.807, 2.05) is 13.0 Å². The molecule has 5 heteroatoms. The number of hydrogen-bond donors (Lipinski definition) is 2. The molecule has 1 aromatic heterocycles. The number of rotatable bonds is 4. The Balaban J connectivity index is 2.10. The molecule has 5 nitrogen and oxygen atoms in total. The van der Waals surface area contributed by atoms with Crippen LogP contribution in [0, 0.1) is 12.8 Å². The SMILES string of the molecule is Cc1ccc(C(=O)NC(C(=O)O)C2CC2)n1C. The summed E-state index contributed by atoms with van der Waals surface area (Å²) in [4.78, 5) is 22.9. The molecule has 1 aromatic rings. The van der Waals surface area contributed by atoms with Gasteiger partial charge in [-0.25, -0.2) is 4.79 Å². The molecule has 0 bridgehead atoms. The number of carboxylic acid groups (broad SMARTS) is 1. The van der Waals surface area contributed by atoms with Crippen LogP contribution in [0.15, 0.2) is 12.1 Å². The summed E-state index contributed by atoms with van der Waals surface area (Å²) < 4.78 is 1.75. The number of nitrogens with zero attached hydrogens (tertiary/aromatic N) is 1. The Hall–Kier alpha value is -1.78. The molecule has 0 saturated heterocycles. The smallest absolute Gasteiger partial charge is 0.326 e. The third-order valence-electron chi connectivity index (χ3n) is 3.25. The van der Waals surface area contributed by atoms with E-state index in [0.29, 0.717) is 5.69 Å². The normalized spacial score (nSPS) is 16.6. The second-order valence-electron chi connectivity index (χ2n) is 4.55. The molecule has 1 saturated carbocycles. The van der Waals surface area contributed by atoms with Crippen molar-refractivity contribution < 1.29 is 14.7 Å². The molecule has 2 rings (SSSR count). The van der Waals surface area contributed by atoms with E-state index >= 15 is 0 Å². The van der Waals surface area contributed by atoms with Crippen molar-refractivity contribution in [3.63, 3.8) is 0 Å². The third kappa shape index (κ3) is 2.33. The first-order valence-corrected chi connectivity index (χ1v) is 5.66. The van der Waals surface area contributed by atoms with Gasteiger partial charge in [0.2, 0.25) is 0 Å². The summed E-state index contributed by atoms with van der Waals surface area (Å²) in [5, 5.41) is 11.6. The molecule has 1 atom stereocenters. The lowest BCUT2D eigenvalue weighted by Crippen LogP contribution is -2.42. The highest BCUT2D eigenvalue weighted by Crippen LogP contribution is 2.32. The fraction of sp³-hybridized carbons (Fsp3) is 0.500. The molecule has 2 N–H and O–H groups in total. The van der Waals surface area contributed by atoms with Gasteiger partial charge in [0.25, 0.3) is 5.91 Å². The van der Waals surface area contributed by atoms with E-state index in [0.717, 1.165) is 18.5 Å². The molecule has 1 aliphatic rings. The number of amides is 1. The van der Waals surface area contributed by atoms with Crippen LogP contribution in [0.5, 0.6) is 0 Å². The van der Waals surface area contributed by atoms with Gasteiger partial charge < -0.3 is 15.0 Å². The molecule has 0 aliphatic heterocycles. The number of aliphatic carboxylic acids is 1. The molecular weight excluding hydrogens is 220 g/mol. The van der Waals surface area contributed by atoms with Crippen molar-refractivity contribution >= 4 is 11.9 Å². The van der Waals surface area contributed by atoms with Crippen LogP contribution in [-0.2, 0) is 11.8 Å². The molecule has 0 spiro atoms. The molecule has 1 heterocycles. The zero-order chi connectivity index (χ0) is 12.6. The largest absolute Gasteiger partial charge is 0.480 e. The summed E-state index contributed by atoms with van der Waals surface area (Å²) in [6.07, 6.45) is 1.76. The van der Waals surface area contributed by atoms with Crippen LogP contribution in [0.1, 0.15) is 29.0 Å². The van der Waals surface area contributed by atoms with Gasteiger partial charge in [0.1, 0.15) is 11.7 Å². The number of carboxylic acids is 1. The molecule has 1 aliphatic carbocycles. The van der Waals surface area contributed by atoms with Gasteiger partial charge in [0, 0.05) is 12.7 Å². The van der Waals surface area contributed by atoms with Gasteiger partial charge in [-0.2, -0.15) is 0 Å². The van der Waals surface area contributed by atoms with Crippen molar-refractivity contribution in [3.8, 4) is 0 Å². The maximum atomic E-state index is 11.9. The van der Waals surface area contributed by atoms with Crippen LogP contribution in [0.25, 0.3) is 0 Å². The van der Waals surface area contributed by atoms with Crippen LogP contribution in [-0.4, -0.2) is 27.6 Å². The van der Waals surface area contributed by atoms with Crippen LogP contribution in [0.4, 0.5) is 0 Å². The quantitative estimate of drug-likeness (QED) is 0.816. The average Bonchev–Trinajstić information content (AvgIpc) is 3.04. The van der Waals surface area contributed by atoms with Crippen molar-refractivity contribution in [2.75, 3.05) is 0 Å². The Labute approximate surface area is 99.4 Å². The van der Waals surface area contributed by atoms with Gasteiger partial charge in [-0.1, -0.05) is 0 Å². The molecule has 0 aromatic carbocycles. The number of aromatic nitrogens is 1. The number of aryl methyl sites for hydroxylation is 1. The highest BCUT2D eigenvalue weighted by Gasteiger charge is 2.37. The summed E-state index contributed by atoms with van der Waals surface area (Å²) in [6, 6.07) is 2.79. The summed E-state index contributed by atoms with van der Waals surface area (Å²) in [5.74, 6) is -1.18. The predicted octanol–water partition coefficient (Wildman–Crippen LogP) is 0.927. The van der Waals surface area contributed by atoms with Gasteiger partial charge in [-0.15, -0.1) is 0 Å². The van der Waals surface area contributed by atoms with E-state index < -0.39 is 12.0 Å². The molecule has 17 heavy (non-hydrogen) atoms. The number of carbonyl (C=O) groups is 2. The molecule has 1 amide bonds. The van der Waals surface area contributed by atoms with Crippen LogP contribution >= 0.6 is 0 Å². The Morgan fingerprint density at radius 3 is 2.53 bits per heavy atom. The zero-order valence-electron chi connectivity index (χ0n) is 9.93. The Morgan fingerprint density at radius 2 is 2.12 bits per heavy atom. The minimum absolute atomic E-state index is 0.0952. The van der Waals surface area contributed by atoms with Crippen molar-refractivity contribution in [1.29, 1.82) is 0 Å². The molecule has 1 fully saturated rings. The van der Waals surface area contributed by atoms with E-state index in [9.17, 15) is 9.59 Å². The number of carbonyl (C=O) groups excluding carboxylic acids is 1. The predicted molar refractivity (Wildman–Crippen MR) is 61.8 cm³/mol. The summed E-state index contributed by atoms with van der Waals surface area (Å²) in [5.41, 5.74) is 1.46. The minimum atomic E-state index is -0.952. The van der Waals surface area contributed by atoms with Gasteiger partial charge in [-0.3, -0.25) is 4.79 Å². The highest BCUT2D eigenvalue weighted by molar-refractivity contribution is 5.95. The summed E-state index contributed by atoms with van der Waals surface area (Å²) in [6.45, 7) is 1.90. The van der Waals surface area contributed by atoms with Crippen molar-refractivity contribution in [3.05, 3.63) is 23.5 Å². The van der Waals surface area contributed by atoms with E-state index in [-0.39, 0.29) is 11.8 Å². The van der Waals surface area contributed by atoms with Crippen LogP contribution in [0.2, 0.25) is 0 Å². The Bertz CT molecular complexity index is 460. The van der Waals surface area contributed by atoms with Crippen molar-refractivity contribution in [2.24, 2.45) is 13.0 Å². The highest BCUT2D eigenvalue weighted by atomic mass is 16.4. The van der Waals surface area contributed by atoms with Crippen LogP contribution in [0.3, 0.4) is 0 Å². The standard InChI is InChI=1S/C12H16N2O3/c1-7-3-6-9(14(7)2)11(15)13-10(12(16)17)8-4-5-8/h3,6,8,10H,4-5H2,1-2H3,(H,13,15)(H,16,17). The first-order chi connectivity index (χ1) is 8.00. The van der Waals surface area contributed by atoms with Gasteiger partial charge >= 0.3 is 5.97 Å². The monoisotopic (exact) mass is 236 g/mol. The molecule has 92 valence electrons. The Kier molecular flexibility index (Phi) is 2.92. The maximum Gasteiger partial charge on any atom is 0.326 e. The van der Waals surface area contributed by atoms with E-state index in [4.69, 9.17) is 5.11 Å². The first kappa shape index (κ1) is 11.7. The zero-order valence-corrected chi connectivity index (χ0v) is 9.93. The number of nitrogens with one attached hydrogen (secondary N) is 1. The minimum Gasteiger partial charge on any atom is -0.480 e. The maximum absolute atomic E-state index is 11.9. The molecule has 0 radical (unpaired) electrons. The lowest BCUT2D eigenvalue weighted by atomic mass is 10.2. The van der Waals surface area contributed by atoms with Crippen molar-refractivity contribution in [2.45, 2.75) is 25.8 Å². The lowest BCUT2D eigenvalue weighted by molar-refractivity contribution is -0.139. The second-order valence-corrected chi connectivity index (χ2v) is 4.55. The first-order valence-electron chi connectivity index (χ1n) is 5.66. The molecular formula is C12H16N2O3. The number of hydrogen-bond acceptors (Lipinski definition) is 2. The van der Waals surface area contributed by atoms with Gasteiger partial charge in [-0.05, 0) is 37.8 Å². The van der Waals surface area contributed by atoms with E-state index in [1.54, 1.807) is 17.7 Å². The van der Waals surface area contributed by atoms with E-state index in [2.05, 4.69) is 5.32 Å². The van der Waals surface area contributed by atoms with E-state index in [1.165, 1.54) is 0 Å². The second kappa shape index (κ2) is 4.24. The van der Waals surface area contributed by atoms with Crippen LogP contribution < -0.4 is 5.32 Å². The summed E-state index contributed by atoms with van der Waals surface area (Å²) >= 11 is 0. The summed E-state index contributed by atoms with van der Waals surface area (Å²) in [7, 11) is 1.79. The van der Waals surface area contributed by atoms with Gasteiger partial charge in [0.15, 0.2) is 0 Å². The van der Waals surface area contributed by atoms with Crippen molar-refractivity contribution in [1.82, 2.24) is 9.88 Å². The topological polar surface area (TPSA) is 71.3 Å². The fourth-order valence-electron chi connectivity index (χ4n) is 1.87. The lowest BCUT2D eigenvalue weighted by Gasteiger charge is -2.14. The third-order valence-corrected chi connectivity index (χ3v) is 3.25. The Morgan fingerprint density at radius 1 is 1.47 bits per heavy atom. The fourth-order valence-corrected chi connectivity index (χ4v) is 1.87. The van der Waals surface area contributed by atoms with Gasteiger partial charge in [0.05, 0.1) is 0 Å². The average molecular weight is 236 g/mol. The molecule has 1 unspecified atom stereocenters.